The van der Waals surface area contributed by atoms with E-state index in [0.717, 1.165) is 5.69 Å². The van der Waals surface area contributed by atoms with E-state index in [9.17, 15) is 9.59 Å². The van der Waals surface area contributed by atoms with Crippen molar-refractivity contribution in [3.8, 4) is 0 Å². The van der Waals surface area contributed by atoms with Crippen molar-refractivity contribution in [2.45, 2.75) is 45.7 Å². The van der Waals surface area contributed by atoms with Gasteiger partial charge in [-0.05, 0) is 45.9 Å². The zero-order chi connectivity index (χ0) is 20.6. The Labute approximate surface area is 163 Å². The van der Waals surface area contributed by atoms with Gasteiger partial charge in [0.2, 0.25) is 5.91 Å². The SMILES string of the molecule is Cc1cc(C(=O)Nc2ccnc(C3(C)CC(=O)N(C)C(N)=N3)c2)n(C(C)C)n1. The van der Waals surface area contributed by atoms with E-state index in [1.165, 1.54) is 4.90 Å². The molecule has 0 radical (unpaired) electrons. The summed E-state index contributed by atoms with van der Waals surface area (Å²) in [7, 11) is 1.59. The topological polar surface area (TPSA) is 119 Å². The van der Waals surface area contributed by atoms with Gasteiger partial charge in [-0.2, -0.15) is 5.10 Å². The van der Waals surface area contributed by atoms with Gasteiger partial charge in [0, 0.05) is 25.0 Å². The van der Waals surface area contributed by atoms with Crippen molar-refractivity contribution in [1.29, 1.82) is 0 Å². The molecular formula is C19H25N7O2. The normalized spacial score (nSPS) is 19.7. The molecule has 28 heavy (non-hydrogen) atoms. The maximum atomic E-state index is 12.8. The Bertz CT molecular complexity index is 963. The van der Waals surface area contributed by atoms with Crippen molar-refractivity contribution < 1.29 is 9.59 Å². The summed E-state index contributed by atoms with van der Waals surface area (Å²) in [5, 5.41) is 7.25. The first kappa shape index (κ1) is 19.5. The highest BCUT2D eigenvalue weighted by Gasteiger charge is 2.37. The van der Waals surface area contributed by atoms with E-state index in [0.29, 0.717) is 17.1 Å². The number of nitrogens with one attached hydrogen (secondary N) is 1. The van der Waals surface area contributed by atoms with Gasteiger partial charge in [0.15, 0.2) is 5.96 Å². The molecule has 1 atom stereocenters. The average Bonchev–Trinajstić information content (AvgIpc) is 3.02. The number of rotatable bonds is 4. The van der Waals surface area contributed by atoms with Gasteiger partial charge in [0.05, 0.1) is 17.8 Å². The van der Waals surface area contributed by atoms with Gasteiger partial charge in [-0.1, -0.05) is 0 Å². The zero-order valence-electron chi connectivity index (χ0n) is 16.7. The Hall–Kier alpha value is -3.23. The molecule has 2 amide bonds. The maximum Gasteiger partial charge on any atom is 0.273 e. The Balaban J connectivity index is 1.89. The Kier molecular flexibility index (Phi) is 4.93. The number of aliphatic imine (C=N–C) groups is 1. The third-order valence-electron chi connectivity index (χ3n) is 4.72. The smallest absolute Gasteiger partial charge is 0.273 e. The Morgan fingerprint density at radius 3 is 2.71 bits per heavy atom. The molecule has 3 N–H and O–H groups in total. The number of nitrogens with two attached hydrogens (primary N) is 1. The minimum Gasteiger partial charge on any atom is -0.369 e. The number of pyridine rings is 1. The van der Waals surface area contributed by atoms with Crippen molar-refractivity contribution in [2.24, 2.45) is 10.7 Å². The molecule has 3 heterocycles. The molecule has 2 aromatic rings. The van der Waals surface area contributed by atoms with Gasteiger partial charge in [-0.3, -0.25) is 24.2 Å². The number of anilines is 1. The van der Waals surface area contributed by atoms with Crippen LogP contribution >= 0.6 is 0 Å². The van der Waals surface area contributed by atoms with Crippen LogP contribution < -0.4 is 11.1 Å². The number of amides is 2. The van der Waals surface area contributed by atoms with E-state index >= 15 is 0 Å². The molecule has 0 saturated carbocycles. The number of carbonyl (C=O) groups is 2. The average molecular weight is 383 g/mol. The summed E-state index contributed by atoms with van der Waals surface area (Å²) in [5.41, 5.74) is 7.36. The predicted octanol–water partition coefficient (Wildman–Crippen LogP) is 1.81. The van der Waals surface area contributed by atoms with E-state index in [2.05, 4.69) is 20.4 Å². The number of aromatic nitrogens is 3. The second-order valence-corrected chi connectivity index (χ2v) is 7.47. The first-order valence-corrected chi connectivity index (χ1v) is 9.06. The molecular weight excluding hydrogens is 358 g/mol. The summed E-state index contributed by atoms with van der Waals surface area (Å²) in [6.45, 7) is 7.58. The first-order valence-electron chi connectivity index (χ1n) is 9.06. The zero-order valence-corrected chi connectivity index (χ0v) is 16.7. The molecule has 0 spiro atoms. The predicted molar refractivity (Wildman–Crippen MR) is 106 cm³/mol. The number of guanidine groups is 1. The number of nitrogens with zero attached hydrogens (tertiary/aromatic N) is 5. The summed E-state index contributed by atoms with van der Waals surface area (Å²) in [6, 6.07) is 5.22. The number of carbonyl (C=O) groups excluding carboxylic acids is 2. The summed E-state index contributed by atoms with van der Waals surface area (Å²) in [5.74, 6) is -0.257. The third-order valence-corrected chi connectivity index (χ3v) is 4.72. The van der Waals surface area contributed by atoms with Crippen LogP contribution in [0, 0.1) is 6.92 Å². The van der Waals surface area contributed by atoms with Crippen molar-refractivity contribution in [3.05, 3.63) is 41.5 Å². The maximum absolute atomic E-state index is 12.8. The summed E-state index contributed by atoms with van der Waals surface area (Å²) in [6.07, 6.45) is 1.73. The Morgan fingerprint density at radius 1 is 1.36 bits per heavy atom. The lowest BCUT2D eigenvalue weighted by Gasteiger charge is -2.32. The molecule has 148 valence electrons. The van der Waals surface area contributed by atoms with Crippen LogP contribution in [0.25, 0.3) is 0 Å². The molecule has 0 bridgehead atoms. The fourth-order valence-electron chi connectivity index (χ4n) is 3.13. The molecule has 0 aromatic carbocycles. The fourth-order valence-corrected chi connectivity index (χ4v) is 3.13. The second-order valence-electron chi connectivity index (χ2n) is 7.47. The molecule has 3 rings (SSSR count). The Morgan fingerprint density at radius 2 is 2.07 bits per heavy atom. The van der Waals surface area contributed by atoms with E-state index in [4.69, 9.17) is 5.73 Å². The monoisotopic (exact) mass is 383 g/mol. The van der Waals surface area contributed by atoms with Crippen molar-refractivity contribution >= 4 is 23.5 Å². The van der Waals surface area contributed by atoms with Gasteiger partial charge >= 0.3 is 0 Å². The molecule has 9 heteroatoms. The van der Waals surface area contributed by atoms with Crippen molar-refractivity contribution in [3.63, 3.8) is 0 Å². The van der Waals surface area contributed by atoms with Gasteiger partial charge in [0.1, 0.15) is 11.2 Å². The van der Waals surface area contributed by atoms with Crippen LogP contribution in [0.2, 0.25) is 0 Å². The molecule has 0 saturated heterocycles. The van der Waals surface area contributed by atoms with Crippen LogP contribution in [0.15, 0.2) is 29.4 Å². The number of hydrogen-bond acceptors (Lipinski definition) is 6. The van der Waals surface area contributed by atoms with Crippen LogP contribution in [0.5, 0.6) is 0 Å². The molecule has 1 aliphatic rings. The summed E-state index contributed by atoms with van der Waals surface area (Å²) < 4.78 is 1.69. The minimum absolute atomic E-state index is 0.0592. The van der Waals surface area contributed by atoms with Crippen LogP contribution in [0.1, 0.15) is 55.1 Å². The van der Waals surface area contributed by atoms with E-state index in [-0.39, 0.29) is 30.2 Å². The van der Waals surface area contributed by atoms with Gasteiger partial charge in [0.25, 0.3) is 5.91 Å². The highest BCUT2D eigenvalue weighted by Crippen LogP contribution is 2.32. The van der Waals surface area contributed by atoms with Crippen LogP contribution in [-0.2, 0) is 10.3 Å². The fraction of sp³-hybridized carbons (Fsp3) is 0.421. The summed E-state index contributed by atoms with van der Waals surface area (Å²) in [4.78, 5) is 35.1. The molecule has 1 aliphatic heterocycles. The van der Waals surface area contributed by atoms with Crippen LogP contribution in [0.3, 0.4) is 0 Å². The van der Waals surface area contributed by atoms with Crippen LogP contribution in [-0.4, -0.2) is 44.5 Å². The molecule has 0 aliphatic carbocycles. The van der Waals surface area contributed by atoms with Crippen molar-refractivity contribution in [1.82, 2.24) is 19.7 Å². The third kappa shape index (κ3) is 3.60. The number of hydrogen-bond donors (Lipinski definition) is 2. The largest absolute Gasteiger partial charge is 0.369 e. The lowest BCUT2D eigenvalue weighted by atomic mass is 9.91. The van der Waals surface area contributed by atoms with E-state index < -0.39 is 5.54 Å². The van der Waals surface area contributed by atoms with E-state index in [1.54, 1.807) is 43.0 Å². The van der Waals surface area contributed by atoms with Crippen molar-refractivity contribution in [2.75, 3.05) is 12.4 Å². The standard InChI is InChI=1S/C19H25N7O2/c1-11(2)26-14(8-12(3)24-26)17(28)22-13-6-7-21-15(9-13)19(4)10-16(27)25(5)18(20)23-19/h6-9,11H,10H2,1-5H3,(H2,20,23)(H,21,22,28). The highest BCUT2D eigenvalue weighted by atomic mass is 16.2. The lowest BCUT2D eigenvalue weighted by Crippen LogP contribution is -2.47. The molecule has 9 nitrogen and oxygen atoms in total. The first-order chi connectivity index (χ1) is 13.1. The van der Waals surface area contributed by atoms with E-state index in [1.807, 2.05) is 20.8 Å². The van der Waals surface area contributed by atoms with Gasteiger partial charge < -0.3 is 11.1 Å². The van der Waals surface area contributed by atoms with Gasteiger partial charge in [-0.25, -0.2) is 4.99 Å². The quantitative estimate of drug-likeness (QED) is 0.835. The van der Waals surface area contributed by atoms with Crippen LogP contribution in [0.4, 0.5) is 5.69 Å². The molecule has 0 fully saturated rings. The minimum atomic E-state index is -0.884. The second kappa shape index (κ2) is 7.06. The summed E-state index contributed by atoms with van der Waals surface area (Å²) >= 11 is 0. The van der Waals surface area contributed by atoms with Gasteiger partial charge in [-0.15, -0.1) is 0 Å². The highest BCUT2D eigenvalue weighted by molar-refractivity contribution is 6.03. The molecule has 2 aromatic heterocycles. The molecule has 1 unspecified atom stereocenters. The lowest BCUT2D eigenvalue weighted by molar-refractivity contribution is -0.128. The number of aryl methyl sites for hydroxylation is 1.